The number of benzene rings is 1. The van der Waals surface area contributed by atoms with Crippen LogP contribution in [0, 0.1) is 5.92 Å². The third-order valence-corrected chi connectivity index (χ3v) is 6.95. The van der Waals surface area contributed by atoms with Crippen LogP contribution in [0.15, 0.2) is 24.3 Å². The first kappa shape index (κ1) is 18.3. The Kier molecular flexibility index (Phi) is 5.53. The molecule has 3 heterocycles. The molecule has 4 rings (SSSR count). The maximum atomic E-state index is 12.8. The van der Waals surface area contributed by atoms with Crippen LogP contribution >= 0.6 is 11.6 Å². The molecule has 1 aromatic carbocycles. The Morgan fingerprint density at radius 3 is 2.46 bits per heavy atom. The second kappa shape index (κ2) is 7.87. The van der Waals surface area contributed by atoms with Crippen molar-refractivity contribution in [2.75, 3.05) is 26.2 Å². The first-order chi connectivity index (χ1) is 12.6. The summed E-state index contributed by atoms with van der Waals surface area (Å²) >= 11 is 6.36. The fraction of sp³-hybridized carbons (Fsp3) is 0.667. The number of rotatable bonds is 4. The van der Waals surface area contributed by atoms with Crippen molar-refractivity contribution in [1.82, 2.24) is 15.1 Å². The van der Waals surface area contributed by atoms with Gasteiger partial charge in [-0.15, -0.1) is 0 Å². The van der Waals surface area contributed by atoms with Crippen molar-refractivity contribution in [3.05, 3.63) is 34.9 Å². The Morgan fingerprint density at radius 1 is 1.15 bits per heavy atom. The number of piperidine rings is 1. The Morgan fingerprint density at radius 2 is 1.81 bits per heavy atom. The Bertz CT molecular complexity index is 632. The van der Waals surface area contributed by atoms with Gasteiger partial charge in [0.05, 0.1) is 0 Å². The van der Waals surface area contributed by atoms with E-state index in [-0.39, 0.29) is 0 Å². The van der Waals surface area contributed by atoms with Crippen molar-refractivity contribution >= 4 is 17.5 Å². The minimum Gasteiger partial charge on any atom is -0.340 e. The Labute approximate surface area is 161 Å². The molecule has 3 fully saturated rings. The summed E-state index contributed by atoms with van der Waals surface area (Å²) in [5, 5.41) is 4.50. The minimum absolute atomic E-state index is 0.293. The molecule has 142 valence electrons. The van der Waals surface area contributed by atoms with E-state index < -0.39 is 0 Å². The molecule has 3 aliphatic heterocycles. The van der Waals surface area contributed by atoms with Crippen LogP contribution in [-0.2, 0) is 4.79 Å². The summed E-state index contributed by atoms with van der Waals surface area (Å²) in [4.78, 5) is 17.3. The zero-order chi connectivity index (χ0) is 18.1. The lowest BCUT2D eigenvalue weighted by molar-refractivity contribution is -0.134. The molecule has 3 atom stereocenters. The first-order valence-electron chi connectivity index (χ1n) is 10.1. The molecule has 4 nitrogen and oxygen atoms in total. The third kappa shape index (κ3) is 3.92. The molecule has 2 bridgehead atoms. The van der Waals surface area contributed by atoms with E-state index in [4.69, 9.17) is 11.6 Å². The van der Waals surface area contributed by atoms with Crippen molar-refractivity contribution < 1.29 is 4.79 Å². The monoisotopic (exact) mass is 375 g/mol. The second-order valence-corrected chi connectivity index (χ2v) is 8.70. The van der Waals surface area contributed by atoms with E-state index in [9.17, 15) is 4.79 Å². The molecule has 0 aliphatic carbocycles. The summed E-state index contributed by atoms with van der Waals surface area (Å²) in [6.07, 6.45) is 5.72. The standard InChI is InChI=1S/C21H30ClN3O/c1-15(19-4-2-3-5-20(19)22)24-8-10-25(11-9-24)21(26)14-16-12-17-6-7-18(13-16)23-17/h2-5,15-18,23H,6-14H2,1H3. The molecular formula is C21H30ClN3O. The molecule has 0 aromatic heterocycles. The summed E-state index contributed by atoms with van der Waals surface area (Å²) in [6.45, 7) is 5.74. The van der Waals surface area contributed by atoms with Crippen LogP contribution in [0.3, 0.4) is 0 Å². The number of hydrogen-bond acceptors (Lipinski definition) is 3. The lowest BCUT2D eigenvalue weighted by atomic mass is 9.89. The number of nitrogens with one attached hydrogen (secondary N) is 1. The molecular weight excluding hydrogens is 346 g/mol. The van der Waals surface area contributed by atoms with Crippen LogP contribution in [-0.4, -0.2) is 54.0 Å². The number of carbonyl (C=O) groups excluding carboxylic acids is 1. The van der Waals surface area contributed by atoms with E-state index >= 15 is 0 Å². The molecule has 3 unspecified atom stereocenters. The van der Waals surface area contributed by atoms with E-state index in [0.29, 0.717) is 30.0 Å². The predicted octanol–water partition coefficient (Wildman–Crippen LogP) is 3.47. The highest BCUT2D eigenvalue weighted by Gasteiger charge is 2.35. The molecule has 3 saturated heterocycles. The number of piperazine rings is 1. The molecule has 3 aliphatic rings. The number of nitrogens with zero attached hydrogens (tertiary/aromatic N) is 2. The van der Waals surface area contributed by atoms with Gasteiger partial charge in [-0.2, -0.15) is 0 Å². The van der Waals surface area contributed by atoms with Crippen LogP contribution in [0.25, 0.3) is 0 Å². The van der Waals surface area contributed by atoms with Gasteiger partial charge in [-0.1, -0.05) is 29.8 Å². The van der Waals surface area contributed by atoms with Crippen molar-refractivity contribution in [2.24, 2.45) is 5.92 Å². The lowest BCUT2D eigenvalue weighted by Gasteiger charge is -2.39. The topological polar surface area (TPSA) is 35.6 Å². The third-order valence-electron chi connectivity index (χ3n) is 6.60. The zero-order valence-electron chi connectivity index (χ0n) is 15.7. The zero-order valence-corrected chi connectivity index (χ0v) is 16.4. The van der Waals surface area contributed by atoms with E-state index in [1.165, 1.54) is 31.2 Å². The molecule has 1 N–H and O–H groups in total. The van der Waals surface area contributed by atoms with E-state index in [1.54, 1.807) is 0 Å². The van der Waals surface area contributed by atoms with Gasteiger partial charge in [0.1, 0.15) is 0 Å². The average molecular weight is 376 g/mol. The number of hydrogen-bond donors (Lipinski definition) is 1. The fourth-order valence-electron chi connectivity index (χ4n) is 5.09. The maximum absolute atomic E-state index is 12.8. The first-order valence-corrected chi connectivity index (χ1v) is 10.5. The van der Waals surface area contributed by atoms with Crippen molar-refractivity contribution in [3.8, 4) is 0 Å². The summed E-state index contributed by atoms with van der Waals surface area (Å²) in [5.41, 5.74) is 1.18. The van der Waals surface area contributed by atoms with E-state index in [2.05, 4.69) is 28.1 Å². The van der Waals surface area contributed by atoms with Crippen molar-refractivity contribution in [1.29, 1.82) is 0 Å². The molecule has 0 radical (unpaired) electrons. The van der Waals surface area contributed by atoms with Crippen LogP contribution < -0.4 is 5.32 Å². The van der Waals surface area contributed by atoms with Crippen molar-refractivity contribution in [2.45, 2.75) is 57.2 Å². The molecule has 0 saturated carbocycles. The Hall–Kier alpha value is -1.10. The van der Waals surface area contributed by atoms with Crippen molar-refractivity contribution in [3.63, 3.8) is 0 Å². The molecule has 5 heteroatoms. The normalized spacial score (nSPS) is 30.4. The second-order valence-electron chi connectivity index (χ2n) is 8.29. The van der Waals surface area contributed by atoms with Crippen LogP contribution in [0.1, 0.15) is 50.6 Å². The van der Waals surface area contributed by atoms with Crippen LogP contribution in [0.4, 0.5) is 0 Å². The maximum Gasteiger partial charge on any atom is 0.222 e. The largest absolute Gasteiger partial charge is 0.340 e. The number of carbonyl (C=O) groups is 1. The van der Waals surface area contributed by atoms with Gasteiger partial charge in [0.15, 0.2) is 0 Å². The van der Waals surface area contributed by atoms with Gasteiger partial charge in [0.2, 0.25) is 5.91 Å². The van der Waals surface area contributed by atoms with Gasteiger partial charge in [0.25, 0.3) is 0 Å². The summed E-state index contributed by atoms with van der Waals surface area (Å²) < 4.78 is 0. The van der Waals surface area contributed by atoms with Gasteiger partial charge in [0, 0.05) is 55.7 Å². The lowest BCUT2D eigenvalue weighted by Crippen LogP contribution is -2.50. The highest BCUT2D eigenvalue weighted by Crippen LogP contribution is 2.33. The highest BCUT2D eigenvalue weighted by atomic mass is 35.5. The van der Waals surface area contributed by atoms with E-state index in [1.807, 2.05) is 18.2 Å². The van der Waals surface area contributed by atoms with Gasteiger partial charge in [-0.05, 0) is 50.2 Å². The summed E-state index contributed by atoms with van der Waals surface area (Å²) in [7, 11) is 0. The van der Waals surface area contributed by atoms with Gasteiger partial charge in [-0.3, -0.25) is 9.69 Å². The van der Waals surface area contributed by atoms with Gasteiger partial charge >= 0.3 is 0 Å². The quantitative estimate of drug-likeness (QED) is 0.875. The molecule has 26 heavy (non-hydrogen) atoms. The van der Waals surface area contributed by atoms with E-state index in [0.717, 1.165) is 37.6 Å². The predicted molar refractivity (Wildman–Crippen MR) is 105 cm³/mol. The van der Waals surface area contributed by atoms with Crippen LogP contribution in [0.2, 0.25) is 5.02 Å². The molecule has 0 spiro atoms. The number of amides is 1. The van der Waals surface area contributed by atoms with Gasteiger partial charge < -0.3 is 10.2 Å². The Balaban J connectivity index is 1.28. The number of fused-ring (bicyclic) bond motifs is 2. The summed E-state index contributed by atoms with van der Waals surface area (Å²) in [5.74, 6) is 0.947. The van der Waals surface area contributed by atoms with Crippen LogP contribution in [0.5, 0.6) is 0 Å². The smallest absolute Gasteiger partial charge is 0.222 e. The SMILES string of the molecule is CC(c1ccccc1Cl)N1CCN(C(=O)CC2CC3CCC(C2)N3)CC1. The minimum atomic E-state index is 0.293. The molecule has 1 amide bonds. The number of halogens is 1. The fourth-order valence-corrected chi connectivity index (χ4v) is 5.38. The molecule has 1 aromatic rings. The highest BCUT2D eigenvalue weighted by molar-refractivity contribution is 6.31. The average Bonchev–Trinajstić information content (AvgIpc) is 3.00. The summed E-state index contributed by atoms with van der Waals surface area (Å²) in [6, 6.07) is 9.71. The van der Waals surface area contributed by atoms with Gasteiger partial charge in [-0.25, -0.2) is 0 Å².